The van der Waals surface area contributed by atoms with Crippen LogP contribution in [0.2, 0.25) is 0 Å². The molecular formula is C11H21N3O5. The van der Waals surface area contributed by atoms with Crippen LogP contribution in [0.3, 0.4) is 0 Å². The van der Waals surface area contributed by atoms with Gasteiger partial charge in [-0.1, -0.05) is 6.92 Å². The topological polar surface area (TPSA) is 128 Å². The van der Waals surface area contributed by atoms with Crippen molar-refractivity contribution in [3.8, 4) is 0 Å². The zero-order valence-electron chi connectivity index (χ0n) is 11.3. The molecule has 110 valence electrons. The molecule has 5 N–H and O–H groups in total. The van der Waals surface area contributed by atoms with E-state index in [9.17, 15) is 19.5 Å². The number of rotatable bonds is 7. The van der Waals surface area contributed by atoms with Gasteiger partial charge in [0.15, 0.2) is 6.04 Å². The van der Waals surface area contributed by atoms with E-state index in [0.717, 1.165) is 6.42 Å². The molecule has 3 unspecified atom stereocenters. The summed E-state index contributed by atoms with van der Waals surface area (Å²) in [5.74, 6) is -1.71. The molecule has 0 spiro atoms. The zero-order valence-corrected chi connectivity index (χ0v) is 11.3. The minimum Gasteiger partial charge on any atom is -0.480 e. The molecule has 0 fully saturated rings. The summed E-state index contributed by atoms with van der Waals surface area (Å²) in [6.07, 6.45) is -0.471. The van der Waals surface area contributed by atoms with Gasteiger partial charge in [0, 0.05) is 6.54 Å². The lowest BCUT2D eigenvalue weighted by molar-refractivity contribution is -0.141. The molecule has 0 aliphatic heterocycles. The first-order valence-corrected chi connectivity index (χ1v) is 6.05. The monoisotopic (exact) mass is 275 g/mol. The van der Waals surface area contributed by atoms with E-state index < -0.39 is 30.2 Å². The van der Waals surface area contributed by atoms with Crippen LogP contribution in [0.5, 0.6) is 0 Å². The highest BCUT2D eigenvalue weighted by atomic mass is 16.4. The van der Waals surface area contributed by atoms with Gasteiger partial charge in [0.2, 0.25) is 5.91 Å². The Bertz CT molecular complexity index is 332. The summed E-state index contributed by atoms with van der Waals surface area (Å²) in [6.45, 7) is 5.11. The molecule has 19 heavy (non-hydrogen) atoms. The van der Waals surface area contributed by atoms with Crippen LogP contribution in [-0.2, 0) is 9.59 Å². The number of aliphatic hydroxyl groups is 1. The van der Waals surface area contributed by atoms with Crippen molar-refractivity contribution in [3.63, 3.8) is 0 Å². The number of carbonyl (C=O) groups excluding carboxylic acids is 2. The second-order valence-electron chi connectivity index (χ2n) is 4.19. The summed E-state index contributed by atoms with van der Waals surface area (Å²) in [7, 11) is 0. The van der Waals surface area contributed by atoms with E-state index in [1.807, 2.05) is 6.92 Å². The Morgan fingerprint density at radius 3 is 2.16 bits per heavy atom. The average molecular weight is 275 g/mol. The molecule has 0 saturated heterocycles. The maximum atomic E-state index is 11.5. The van der Waals surface area contributed by atoms with Crippen molar-refractivity contribution in [2.75, 3.05) is 6.54 Å². The van der Waals surface area contributed by atoms with E-state index in [1.54, 1.807) is 0 Å². The summed E-state index contributed by atoms with van der Waals surface area (Å²) in [5.41, 5.74) is 0. The Labute approximate surface area is 111 Å². The lowest BCUT2D eigenvalue weighted by Gasteiger charge is -2.19. The van der Waals surface area contributed by atoms with Crippen LogP contribution >= 0.6 is 0 Å². The van der Waals surface area contributed by atoms with Gasteiger partial charge in [-0.05, 0) is 20.3 Å². The molecular weight excluding hydrogens is 254 g/mol. The molecule has 0 aliphatic carbocycles. The molecule has 0 heterocycles. The van der Waals surface area contributed by atoms with Crippen molar-refractivity contribution in [3.05, 3.63) is 0 Å². The third-order valence-corrected chi connectivity index (χ3v) is 2.33. The fraction of sp³-hybridized carbons (Fsp3) is 0.727. The molecule has 0 saturated carbocycles. The Morgan fingerprint density at radius 2 is 1.74 bits per heavy atom. The van der Waals surface area contributed by atoms with Gasteiger partial charge in [0.25, 0.3) is 0 Å². The largest absolute Gasteiger partial charge is 0.480 e. The minimum absolute atomic E-state index is 0.360. The van der Waals surface area contributed by atoms with Gasteiger partial charge >= 0.3 is 12.0 Å². The van der Waals surface area contributed by atoms with Crippen molar-refractivity contribution in [1.82, 2.24) is 16.0 Å². The molecule has 0 aromatic carbocycles. The lowest BCUT2D eigenvalue weighted by Crippen LogP contribution is -2.55. The number of carboxylic acid groups (broad SMARTS) is 1. The number of aliphatic carboxylic acids is 1. The van der Waals surface area contributed by atoms with Crippen molar-refractivity contribution >= 4 is 17.9 Å². The molecule has 0 bridgehead atoms. The minimum atomic E-state index is -1.43. The Kier molecular flexibility index (Phi) is 7.50. The standard InChI is InChI=1S/C11H21N3O5/c1-4-5-12-9(16)6(2)13-11(19)14-8(7(3)15)10(17)18/h6-8,15H,4-5H2,1-3H3,(H,12,16)(H,17,18)(H2,13,14,19). The van der Waals surface area contributed by atoms with E-state index in [1.165, 1.54) is 13.8 Å². The highest BCUT2D eigenvalue weighted by molar-refractivity contribution is 5.88. The summed E-state index contributed by atoms with van der Waals surface area (Å²) in [5, 5.41) is 24.9. The van der Waals surface area contributed by atoms with E-state index in [0.29, 0.717) is 6.54 Å². The third-order valence-electron chi connectivity index (χ3n) is 2.33. The van der Waals surface area contributed by atoms with E-state index >= 15 is 0 Å². The molecule has 8 heteroatoms. The number of urea groups is 1. The second kappa shape index (κ2) is 8.30. The van der Waals surface area contributed by atoms with Crippen LogP contribution in [-0.4, -0.2) is 52.9 Å². The number of hydrogen-bond acceptors (Lipinski definition) is 4. The van der Waals surface area contributed by atoms with Crippen molar-refractivity contribution in [2.45, 2.75) is 45.4 Å². The molecule has 3 amide bonds. The second-order valence-corrected chi connectivity index (χ2v) is 4.19. The summed E-state index contributed by atoms with van der Waals surface area (Å²) < 4.78 is 0. The number of amides is 3. The fourth-order valence-electron chi connectivity index (χ4n) is 1.24. The SMILES string of the molecule is CCCNC(=O)C(C)NC(=O)NC(C(=O)O)C(C)O. The van der Waals surface area contributed by atoms with E-state index in [4.69, 9.17) is 5.11 Å². The van der Waals surface area contributed by atoms with Crippen molar-refractivity contribution < 1.29 is 24.6 Å². The average Bonchev–Trinajstić information content (AvgIpc) is 2.31. The maximum Gasteiger partial charge on any atom is 0.328 e. The molecule has 3 atom stereocenters. The Morgan fingerprint density at radius 1 is 1.16 bits per heavy atom. The maximum absolute atomic E-state index is 11.5. The van der Waals surface area contributed by atoms with Crippen molar-refractivity contribution in [1.29, 1.82) is 0 Å². The summed E-state index contributed by atoms with van der Waals surface area (Å²) >= 11 is 0. The third kappa shape index (κ3) is 6.61. The smallest absolute Gasteiger partial charge is 0.328 e. The fourth-order valence-corrected chi connectivity index (χ4v) is 1.24. The van der Waals surface area contributed by atoms with Crippen LogP contribution < -0.4 is 16.0 Å². The number of nitrogens with one attached hydrogen (secondary N) is 3. The molecule has 8 nitrogen and oxygen atoms in total. The van der Waals surface area contributed by atoms with Crippen molar-refractivity contribution in [2.24, 2.45) is 0 Å². The van der Waals surface area contributed by atoms with E-state index in [2.05, 4.69) is 16.0 Å². The van der Waals surface area contributed by atoms with Gasteiger partial charge in [-0.2, -0.15) is 0 Å². The quantitative estimate of drug-likeness (QED) is 0.408. The number of carboxylic acids is 1. The highest BCUT2D eigenvalue weighted by Gasteiger charge is 2.26. The molecule has 0 aromatic rings. The van der Waals surface area contributed by atoms with Crippen LogP contribution in [0.25, 0.3) is 0 Å². The first-order valence-electron chi connectivity index (χ1n) is 6.05. The van der Waals surface area contributed by atoms with E-state index in [-0.39, 0.29) is 5.91 Å². The number of aliphatic hydroxyl groups excluding tert-OH is 1. The molecule has 0 aromatic heterocycles. The first-order chi connectivity index (χ1) is 8.79. The van der Waals surface area contributed by atoms with Crippen LogP contribution in [0, 0.1) is 0 Å². The summed E-state index contributed by atoms with van der Waals surface area (Å²) in [4.78, 5) is 33.7. The normalized spacial score (nSPS) is 14.9. The van der Waals surface area contributed by atoms with Gasteiger partial charge in [-0.25, -0.2) is 9.59 Å². The molecule has 0 aliphatic rings. The number of hydrogen-bond donors (Lipinski definition) is 5. The van der Waals surface area contributed by atoms with Gasteiger partial charge in [-0.3, -0.25) is 4.79 Å². The van der Waals surface area contributed by atoms with Gasteiger partial charge in [0.1, 0.15) is 6.04 Å². The first kappa shape index (κ1) is 17.2. The molecule has 0 rings (SSSR count). The predicted octanol–water partition coefficient (Wildman–Crippen LogP) is -0.966. The molecule has 0 radical (unpaired) electrons. The van der Waals surface area contributed by atoms with Gasteiger partial charge in [0.05, 0.1) is 6.10 Å². The van der Waals surface area contributed by atoms with Gasteiger partial charge in [-0.15, -0.1) is 0 Å². The Hall–Kier alpha value is -1.83. The lowest BCUT2D eigenvalue weighted by atomic mass is 10.2. The van der Waals surface area contributed by atoms with Crippen LogP contribution in [0.1, 0.15) is 27.2 Å². The Balaban J connectivity index is 4.29. The summed E-state index contributed by atoms with van der Waals surface area (Å²) in [6, 6.07) is -3.05. The van der Waals surface area contributed by atoms with Crippen LogP contribution in [0.4, 0.5) is 4.79 Å². The highest BCUT2D eigenvalue weighted by Crippen LogP contribution is 1.93. The van der Waals surface area contributed by atoms with Crippen LogP contribution in [0.15, 0.2) is 0 Å². The zero-order chi connectivity index (χ0) is 15.0. The van der Waals surface area contributed by atoms with Gasteiger partial charge < -0.3 is 26.2 Å². The number of carbonyl (C=O) groups is 3. The predicted molar refractivity (Wildman–Crippen MR) is 67.5 cm³/mol.